The number of aldehydes is 1. The van der Waals surface area contributed by atoms with Gasteiger partial charge in [0.2, 0.25) is 0 Å². The smallest absolute Gasteiger partial charge is 0.309 e. The van der Waals surface area contributed by atoms with Crippen LogP contribution in [0.5, 0.6) is 0 Å². The maximum Gasteiger partial charge on any atom is 0.309 e. The molecular formula is C38H63NO14. The van der Waals surface area contributed by atoms with Crippen molar-refractivity contribution in [3.63, 3.8) is 0 Å². The van der Waals surface area contributed by atoms with Crippen molar-refractivity contribution in [3.05, 3.63) is 24.3 Å². The molecule has 16 atom stereocenters. The first-order valence-electron chi connectivity index (χ1n) is 18.7. The minimum absolute atomic E-state index is 0.00772. The number of aliphatic hydroxyl groups excluding tert-OH is 3. The van der Waals surface area contributed by atoms with E-state index in [0.717, 1.165) is 6.29 Å². The highest BCUT2D eigenvalue weighted by Crippen LogP contribution is 2.37. The summed E-state index contributed by atoms with van der Waals surface area (Å²) in [4.78, 5) is 40.0. The third-order valence-electron chi connectivity index (χ3n) is 10.4. The van der Waals surface area contributed by atoms with E-state index in [1.54, 1.807) is 64.9 Å². The lowest BCUT2D eigenvalue weighted by molar-refractivity contribution is -0.344. The van der Waals surface area contributed by atoms with E-state index in [2.05, 4.69) is 0 Å². The Kier molecular flexibility index (Phi) is 17.5. The highest BCUT2D eigenvalue weighted by Gasteiger charge is 2.52. The first-order chi connectivity index (χ1) is 24.9. The molecule has 3 heterocycles. The van der Waals surface area contributed by atoms with Gasteiger partial charge in [-0.15, -0.1) is 0 Å². The summed E-state index contributed by atoms with van der Waals surface area (Å²) in [6, 6.07) is -0.750. The van der Waals surface area contributed by atoms with Crippen LogP contribution in [0, 0.1) is 11.8 Å². The topological polar surface area (TPSA) is 200 Å². The molecule has 3 aliphatic heterocycles. The summed E-state index contributed by atoms with van der Waals surface area (Å²) in [6.45, 7) is 10.0. The van der Waals surface area contributed by atoms with Crippen LogP contribution in [0.2, 0.25) is 0 Å². The molecule has 2 saturated heterocycles. The number of hydrogen-bond acceptors (Lipinski definition) is 15. The van der Waals surface area contributed by atoms with Crippen LogP contribution in [-0.4, -0.2) is 150 Å². The van der Waals surface area contributed by atoms with Crippen LogP contribution in [-0.2, 0) is 47.5 Å². The van der Waals surface area contributed by atoms with E-state index >= 15 is 0 Å². The predicted octanol–water partition coefficient (Wildman–Crippen LogP) is 1.81. The van der Waals surface area contributed by atoms with Crippen molar-refractivity contribution in [2.24, 2.45) is 11.8 Å². The fourth-order valence-electron chi connectivity index (χ4n) is 7.38. The maximum atomic E-state index is 13.3. The maximum absolute atomic E-state index is 13.3. The summed E-state index contributed by atoms with van der Waals surface area (Å²) in [6.07, 6.45) is -4.13. The first kappa shape index (κ1) is 45.1. The molecule has 4 N–H and O–H groups in total. The fraction of sp³-hybridized carbons (Fsp3) is 0.816. The summed E-state index contributed by atoms with van der Waals surface area (Å²) < 4.78 is 42.6. The predicted molar refractivity (Wildman–Crippen MR) is 191 cm³/mol. The lowest BCUT2D eigenvalue weighted by atomic mass is 9.82. The number of hydrogen-bond donors (Lipinski definition) is 4. The van der Waals surface area contributed by atoms with Gasteiger partial charge in [-0.25, -0.2) is 0 Å². The number of ether oxygens (including phenoxy) is 7. The van der Waals surface area contributed by atoms with Crippen LogP contribution in [0.25, 0.3) is 0 Å². The zero-order valence-corrected chi connectivity index (χ0v) is 32.6. The van der Waals surface area contributed by atoms with E-state index in [0.29, 0.717) is 6.42 Å². The Morgan fingerprint density at radius 1 is 1.04 bits per heavy atom. The van der Waals surface area contributed by atoms with Gasteiger partial charge in [0, 0.05) is 32.8 Å². The van der Waals surface area contributed by atoms with Crippen molar-refractivity contribution in [3.8, 4) is 0 Å². The molecule has 15 heteroatoms. The van der Waals surface area contributed by atoms with Crippen molar-refractivity contribution in [1.82, 2.24) is 4.90 Å². The van der Waals surface area contributed by atoms with Crippen LogP contribution in [0.3, 0.4) is 0 Å². The number of cyclic esters (lactones) is 1. The molecule has 3 aliphatic rings. The molecule has 0 aromatic rings. The molecule has 0 saturated carbocycles. The third-order valence-corrected chi connectivity index (χ3v) is 10.4. The molecule has 0 aromatic carbocycles. The summed E-state index contributed by atoms with van der Waals surface area (Å²) >= 11 is 0. The second-order valence-corrected chi connectivity index (χ2v) is 15.1. The SMILES string of the molecule is CCC(=O)O[C@@H]1CC(=O)O[C@H](C)C/C=C/C=C/[C@H](O)[C@H](C)C[C@@H](CC=O)[C@@H](O[C@H]2O[C@H](C)C(O[C@H]3C[C@@](C)(O)[C@@H](O)[C@H](C)O3)[C@H](N(C)C)[C@H]2O)[C@H]1OC. The zero-order valence-electron chi connectivity index (χ0n) is 32.6. The minimum atomic E-state index is -1.48. The average molecular weight is 758 g/mol. The molecule has 0 radical (unpaired) electrons. The number of nitrogens with zero attached hydrogens (tertiary/aromatic N) is 1. The molecule has 0 bridgehead atoms. The lowest BCUT2D eigenvalue weighted by Gasteiger charge is -2.50. The van der Waals surface area contributed by atoms with E-state index in [1.165, 1.54) is 14.0 Å². The highest BCUT2D eigenvalue weighted by atomic mass is 16.7. The molecule has 0 spiro atoms. The van der Waals surface area contributed by atoms with Crippen LogP contribution in [0.4, 0.5) is 0 Å². The van der Waals surface area contributed by atoms with Crippen LogP contribution in [0.1, 0.15) is 80.1 Å². The Hall–Kier alpha value is -2.31. The number of aliphatic hydroxyl groups is 4. The molecule has 1 unspecified atom stereocenters. The number of carbonyl (C=O) groups is 3. The molecule has 3 rings (SSSR count). The van der Waals surface area contributed by atoms with E-state index in [4.69, 9.17) is 33.2 Å². The van der Waals surface area contributed by atoms with Crippen LogP contribution >= 0.6 is 0 Å². The van der Waals surface area contributed by atoms with Gasteiger partial charge in [0.05, 0.1) is 42.5 Å². The van der Waals surface area contributed by atoms with Gasteiger partial charge in [0.15, 0.2) is 12.6 Å². The van der Waals surface area contributed by atoms with Crippen molar-refractivity contribution >= 4 is 18.2 Å². The lowest BCUT2D eigenvalue weighted by Crippen LogP contribution is -2.65. The van der Waals surface area contributed by atoms with Gasteiger partial charge < -0.3 is 63.3 Å². The second kappa shape index (κ2) is 20.6. The summed E-state index contributed by atoms with van der Waals surface area (Å²) in [5.41, 5.74) is -1.48. The van der Waals surface area contributed by atoms with E-state index in [9.17, 15) is 34.8 Å². The van der Waals surface area contributed by atoms with Crippen LogP contribution < -0.4 is 0 Å². The molecule has 0 aliphatic carbocycles. The Labute approximate surface area is 313 Å². The summed E-state index contributed by atoms with van der Waals surface area (Å²) in [7, 11) is 4.87. The van der Waals surface area contributed by atoms with Crippen molar-refractivity contribution < 1.29 is 68.0 Å². The van der Waals surface area contributed by atoms with E-state index < -0.39 is 109 Å². The second-order valence-electron chi connectivity index (χ2n) is 15.1. The van der Waals surface area contributed by atoms with Gasteiger partial charge in [-0.2, -0.15) is 0 Å². The minimum Gasteiger partial charge on any atom is -0.462 e. The van der Waals surface area contributed by atoms with Crippen LogP contribution in [0.15, 0.2) is 24.3 Å². The van der Waals surface area contributed by atoms with Crippen molar-refractivity contribution in [2.75, 3.05) is 21.2 Å². The normalized spacial score (nSPS) is 43.4. The Bertz CT molecular complexity index is 1230. The summed E-state index contributed by atoms with van der Waals surface area (Å²) in [5, 5.41) is 44.2. The van der Waals surface area contributed by atoms with Gasteiger partial charge in [-0.3, -0.25) is 9.59 Å². The third kappa shape index (κ3) is 12.3. The number of rotatable bonds is 10. The van der Waals surface area contributed by atoms with Gasteiger partial charge in [-0.1, -0.05) is 38.2 Å². The van der Waals surface area contributed by atoms with Gasteiger partial charge >= 0.3 is 11.9 Å². The Morgan fingerprint density at radius 2 is 1.74 bits per heavy atom. The number of carbonyl (C=O) groups excluding carboxylic acids is 3. The fourth-order valence-corrected chi connectivity index (χ4v) is 7.38. The molecule has 2 fully saturated rings. The number of likely N-dealkylation sites (N-methyl/N-ethyl adjacent to an activating group) is 1. The van der Waals surface area contributed by atoms with Gasteiger partial charge in [-0.05, 0) is 60.0 Å². The van der Waals surface area contributed by atoms with Gasteiger partial charge in [0.1, 0.15) is 42.9 Å². The van der Waals surface area contributed by atoms with Crippen molar-refractivity contribution in [1.29, 1.82) is 0 Å². The summed E-state index contributed by atoms with van der Waals surface area (Å²) in [5.74, 6) is -2.31. The number of allylic oxidation sites excluding steroid dienone is 2. The number of methoxy groups -OCH3 is 1. The molecule has 15 nitrogen and oxygen atoms in total. The first-order valence-corrected chi connectivity index (χ1v) is 18.7. The quantitative estimate of drug-likeness (QED) is 0.186. The zero-order chi connectivity index (χ0) is 39.6. The number of esters is 2. The van der Waals surface area contributed by atoms with Gasteiger partial charge in [0.25, 0.3) is 0 Å². The molecule has 0 amide bonds. The monoisotopic (exact) mass is 757 g/mol. The van der Waals surface area contributed by atoms with E-state index in [1.807, 2.05) is 13.0 Å². The molecule has 0 aromatic heterocycles. The molecule has 53 heavy (non-hydrogen) atoms. The molecular weight excluding hydrogens is 694 g/mol. The average Bonchev–Trinajstić information content (AvgIpc) is 3.07. The Morgan fingerprint density at radius 3 is 2.34 bits per heavy atom. The Balaban J connectivity index is 2.04. The largest absolute Gasteiger partial charge is 0.462 e. The highest BCUT2D eigenvalue weighted by molar-refractivity contribution is 5.72. The molecule has 304 valence electrons. The van der Waals surface area contributed by atoms with E-state index in [-0.39, 0.29) is 32.1 Å². The van der Waals surface area contributed by atoms with Crippen molar-refractivity contribution in [2.45, 2.75) is 165 Å². The standard InChI is InChI=1S/C38H63NO14/c1-10-28(42)51-27-19-29(43)48-22(3)14-12-11-13-15-26(41)21(2)18-25(16-17-40)34(35(27)47-9)53-37-32(44)31(39(7)8)33(23(4)50-37)52-30-20-38(6,46)36(45)24(5)49-30/h11-13,15,17,21-27,30-37,41,44-46H,10,14,16,18-20H2,1-9H3/b12-11+,15-13+/t21-,22-,23-,24+,25-,26+,27-,30+,31-,32-,33?,34-,35+,36+,37-,38-/m1/s1.